The number of rotatable bonds is 2. The van der Waals surface area contributed by atoms with Crippen LogP contribution in [0.5, 0.6) is 0 Å². The van der Waals surface area contributed by atoms with Crippen LogP contribution in [0.2, 0.25) is 0 Å². The van der Waals surface area contributed by atoms with Crippen LogP contribution in [0, 0.1) is 0 Å². The quantitative estimate of drug-likeness (QED) is 0.799. The van der Waals surface area contributed by atoms with Crippen LogP contribution in [-0.4, -0.2) is 21.8 Å². The van der Waals surface area contributed by atoms with Crippen LogP contribution in [0.15, 0.2) is 33.7 Å². The highest BCUT2D eigenvalue weighted by atomic mass is 79.9. The SMILES string of the molecule is CC1N=C(Nc2ccccc2Br)SC1CBr. The molecule has 1 aromatic carbocycles. The number of nitrogens with one attached hydrogen (secondary N) is 1. The molecule has 1 heterocycles. The summed E-state index contributed by atoms with van der Waals surface area (Å²) in [5, 5.41) is 5.86. The molecule has 0 spiro atoms. The Kier molecular flexibility index (Phi) is 4.33. The molecule has 0 radical (unpaired) electrons. The summed E-state index contributed by atoms with van der Waals surface area (Å²) < 4.78 is 1.06. The van der Waals surface area contributed by atoms with Crippen LogP contribution in [0.4, 0.5) is 5.69 Å². The van der Waals surface area contributed by atoms with Gasteiger partial charge in [0, 0.05) is 15.1 Å². The molecule has 1 aromatic rings. The fourth-order valence-corrected chi connectivity index (χ4v) is 3.77. The van der Waals surface area contributed by atoms with Gasteiger partial charge >= 0.3 is 0 Å². The van der Waals surface area contributed by atoms with Crippen LogP contribution in [-0.2, 0) is 0 Å². The summed E-state index contributed by atoms with van der Waals surface area (Å²) in [5.74, 6) is 0. The summed E-state index contributed by atoms with van der Waals surface area (Å²) in [6.45, 7) is 2.15. The lowest BCUT2D eigenvalue weighted by molar-refractivity contribution is 0.758. The molecular weight excluding hydrogens is 352 g/mol. The molecule has 0 aromatic heterocycles. The zero-order valence-electron chi connectivity index (χ0n) is 8.78. The predicted molar refractivity (Wildman–Crippen MR) is 79.8 cm³/mol. The lowest BCUT2D eigenvalue weighted by atomic mass is 10.3. The summed E-state index contributed by atoms with van der Waals surface area (Å²) in [7, 11) is 0. The number of nitrogens with zero attached hydrogens (tertiary/aromatic N) is 1. The molecule has 1 aliphatic rings. The number of para-hydroxylation sites is 1. The van der Waals surface area contributed by atoms with Gasteiger partial charge in [0.2, 0.25) is 0 Å². The second kappa shape index (κ2) is 5.56. The summed E-state index contributed by atoms with van der Waals surface area (Å²) in [6, 6.07) is 8.45. The topological polar surface area (TPSA) is 24.4 Å². The number of anilines is 1. The molecule has 1 aliphatic heterocycles. The standard InChI is InChI=1S/C11H12Br2N2S/c1-7-10(6-12)16-11(14-7)15-9-5-3-2-4-8(9)13/h2-5,7,10H,6H2,1H3,(H,14,15). The second-order valence-electron chi connectivity index (χ2n) is 3.59. The Bertz CT molecular complexity index is 409. The van der Waals surface area contributed by atoms with Crippen molar-refractivity contribution in [3.63, 3.8) is 0 Å². The minimum Gasteiger partial charge on any atom is -0.334 e. The van der Waals surface area contributed by atoms with Gasteiger partial charge in [0.1, 0.15) is 0 Å². The summed E-state index contributed by atoms with van der Waals surface area (Å²) in [5.41, 5.74) is 1.07. The number of benzene rings is 1. The van der Waals surface area contributed by atoms with E-state index in [1.165, 1.54) is 0 Å². The van der Waals surface area contributed by atoms with Crippen molar-refractivity contribution in [2.24, 2.45) is 4.99 Å². The van der Waals surface area contributed by atoms with Crippen LogP contribution in [0.25, 0.3) is 0 Å². The monoisotopic (exact) mass is 362 g/mol. The lowest BCUT2D eigenvalue weighted by Gasteiger charge is -2.09. The third-order valence-electron chi connectivity index (χ3n) is 2.39. The second-order valence-corrected chi connectivity index (χ2v) is 6.32. The Hall–Kier alpha value is -0.000000000000000111. The molecule has 0 saturated heterocycles. The zero-order valence-corrected chi connectivity index (χ0v) is 12.8. The number of alkyl halides is 1. The van der Waals surface area contributed by atoms with Gasteiger partial charge in [0.05, 0.1) is 11.7 Å². The van der Waals surface area contributed by atoms with Crippen LogP contribution >= 0.6 is 43.6 Å². The molecular formula is C11H12Br2N2S. The van der Waals surface area contributed by atoms with E-state index in [0.717, 1.165) is 20.7 Å². The summed E-state index contributed by atoms with van der Waals surface area (Å²) in [4.78, 5) is 4.59. The highest BCUT2D eigenvalue weighted by Crippen LogP contribution is 2.30. The first kappa shape index (κ1) is 12.5. The minimum absolute atomic E-state index is 0.370. The number of hydrogen-bond donors (Lipinski definition) is 1. The number of thioether (sulfide) groups is 1. The molecule has 16 heavy (non-hydrogen) atoms. The van der Waals surface area contributed by atoms with Gasteiger partial charge in [-0.25, -0.2) is 0 Å². The van der Waals surface area contributed by atoms with Gasteiger partial charge in [-0.2, -0.15) is 0 Å². The number of halogens is 2. The Labute approximate surface area is 117 Å². The molecule has 0 bridgehead atoms. The molecule has 1 N–H and O–H groups in total. The molecule has 2 rings (SSSR count). The fourth-order valence-electron chi connectivity index (χ4n) is 1.44. The summed E-state index contributed by atoms with van der Waals surface area (Å²) >= 11 is 8.82. The Morgan fingerprint density at radius 2 is 2.19 bits per heavy atom. The van der Waals surface area contributed by atoms with E-state index in [1.54, 1.807) is 11.8 Å². The third-order valence-corrected chi connectivity index (χ3v) is 5.50. The third kappa shape index (κ3) is 2.81. The molecule has 0 fully saturated rings. The van der Waals surface area contributed by atoms with Gasteiger partial charge in [0.25, 0.3) is 0 Å². The van der Waals surface area contributed by atoms with Crippen molar-refractivity contribution in [2.75, 3.05) is 10.6 Å². The molecule has 2 nitrogen and oxygen atoms in total. The number of aliphatic imine (C=N–C) groups is 1. The van der Waals surface area contributed by atoms with Crippen molar-refractivity contribution in [3.05, 3.63) is 28.7 Å². The first-order valence-electron chi connectivity index (χ1n) is 5.02. The first-order valence-corrected chi connectivity index (χ1v) is 7.82. The molecule has 0 saturated carbocycles. The number of hydrogen-bond acceptors (Lipinski definition) is 3. The van der Waals surface area contributed by atoms with Gasteiger partial charge in [-0.1, -0.05) is 39.8 Å². The molecule has 0 amide bonds. The van der Waals surface area contributed by atoms with Crippen molar-refractivity contribution in [1.82, 2.24) is 0 Å². The molecule has 2 unspecified atom stereocenters. The van der Waals surface area contributed by atoms with Gasteiger partial charge in [-0.15, -0.1) is 0 Å². The van der Waals surface area contributed by atoms with E-state index >= 15 is 0 Å². The van der Waals surface area contributed by atoms with Crippen molar-refractivity contribution in [3.8, 4) is 0 Å². The molecule has 86 valence electrons. The molecule has 0 aliphatic carbocycles. The van der Waals surface area contributed by atoms with Gasteiger partial charge in [-0.3, -0.25) is 4.99 Å². The van der Waals surface area contributed by atoms with E-state index < -0.39 is 0 Å². The van der Waals surface area contributed by atoms with E-state index in [1.807, 2.05) is 24.3 Å². The van der Waals surface area contributed by atoms with E-state index in [4.69, 9.17) is 0 Å². The lowest BCUT2D eigenvalue weighted by Crippen LogP contribution is -2.14. The number of amidine groups is 1. The molecule has 5 heteroatoms. The maximum absolute atomic E-state index is 4.59. The fraction of sp³-hybridized carbons (Fsp3) is 0.364. The van der Waals surface area contributed by atoms with Crippen molar-refractivity contribution in [1.29, 1.82) is 0 Å². The zero-order chi connectivity index (χ0) is 11.5. The van der Waals surface area contributed by atoms with Crippen molar-refractivity contribution < 1.29 is 0 Å². The van der Waals surface area contributed by atoms with E-state index in [9.17, 15) is 0 Å². The normalized spacial score (nSPS) is 24.3. The van der Waals surface area contributed by atoms with E-state index in [2.05, 4.69) is 49.1 Å². The van der Waals surface area contributed by atoms with Crippen molar-refractivity contribution >= 4 is 54.5 Å². The highest BCUT2D eigenvalue weighted by Gasteiger charge is 2.25. The highest BCUT2D eigenvalue weighted by molar-refractivity contribution is 9.10. The van der Waals surface area contributed by atoms with Crippen LogP contribution < -0.4 is 5.32 Å². The van der Waals surface area contributed by atoms with E-state index in [0.29, 0.717) is 11.3 Å². The Balaban J connectivity index is 2.07. The maximum Gasteiger partial charge on any atom is 0.161 e. The first-order chi connectivity index (χ1) is 7.70. The maximum atomic E-state index is 4.59. The largest absolute Gasteiger partial charge is 0.334 e. The van der Waals surface area contributed by atoms with Crippen LogP contribution in [0.3, 0.4) is 0 Å². The Morgan fingerprint density at radius 3 is 2.81 bits per heavy atom. The summed E-state index contributed by atoms with van der Waals surface area (Å²) in [6.07, 6.45) is 0. The predicted octanol–water partition coefficient (Wildman–Crippen LogP) is 4.12. The van der Waals surface area contributed by atoms with Gasteiger partial charge in [0.15, 0.2) is 5.17 Å². The minimum atomic E-state index is 0.370. The smallest absolute Gasteiger partial charge is 0.161 e. The Morgan fingerprint density at radius 1 is 1.44 bits per heavy atom. The molecule has 2 atom stereocenters. The van der Waals surface area contributed by atoms with Crippen LogP contribution in [0.1, 0.15) is 6.92 Å². The van der Waals surface area contributed by atoms with Crippen molar-refractivity contribution in [2.45, 2.75) is 18.2 Å². The van der Waals surface area contributed by atoms with Gasteiger partial charge < -0.3 is 5.32 Å². The van der Waals surface area contributed by atoms with Gasteiger partial charge in [-0.05, 0) is 35.0 Å². The van der Waals surface area contributed by atoms with E-state index in [-0.39, 0.29) is 0 Å². The average molecular weight is 364 g/mol. The average Bonchev–Trinajstić information content (AvgIpc) is 2.62.